The van der Waals surface area contributed by atoms with Gasteiger partial charge in [0, 0.05) is 45.0 Å². The summed E-state index contributed by atoms with van der Waals surface area (Å²) in [7, 11) is 2.08. The second-order valence-electron chi connectivity index (χ2n) is 8.82. The molecule has 2 aliphatic heterocycles. The number of aromatic amines is 1. The topological polar surface area (TPSA) is 55.5 Å². The van der Waals surface area contributed by atoms with Crippen molar-refractivity contribution in [3.8, 4) is 11.4 Å². The van der Waals surface area contributed by atoms with Crippen molar-refractivity contribution in [2.75, 3.05) is 51.2 Å². The molecule has 32 heavy (non-hydrogen) atoms. The van der Waals surface area contributed by atoms with Gasteiger partial charge in [-0.3, -0.25) is 4.79 Å². The highest BCUT2D eigenvalue weighted by Gasteiger charge is 2.31. The number of halogens is 2. The van der Waals surface area contributed by atoms with Gasteiger partial charge < -0.3 is 19.7 Å². The molecule has 168 valence electrons. The fourth-order valence-corrected chi connectivity index (χ4v) is 4.70. The van der Waals surface area contributed by atoms with E-state index in [9.17, 15) is 13.6 Å². The minimum atomic E-state index is -0.393. The quantitative estimate of drug-likeness (QED) is 0.679. The van der Waals surface area contributed by atoms with E-state index in [1.165, 1.54) is 18.2 Å². The Balaban J connectivity index is 1.37. The predicted molar refractivity (Wildman–Crippen MR) is 120 cm³/mol. The standard InChI is InChI=1S/C24H27F2N5O/c1-29-9-11-30(12-10-29)24(32)16-3-2-8-31(15-16)18-5-6-20(26)19(14-18)23-27-21-7-4-17(25)13-22(21)28-23/h4-7,13-14,16H,2-3,8-12,15H2,1H3,(H,27,28)/t16-/m0/s1. The number of carbonyl (C=O) groups excluding carboxylic acids is 1. The van der Waals surface area contributed by atoms with Crippen LogP contribution in [0.15, 0.2) is 36.4 Å². The van der Waals surface area contributed by atoms with E-state index in [-0.39, 0.29) is 17.6 Å². The highest BCUT2D eigenvalue weighted by Crippen LogP contribution is 2.31. The van der Waals surface area contributed by atoms with Crippen LogP contribution in [0.4, 0.5) is 14.5 Å². The predicted octanol–water partition coefficient (Wildman–Crippen LogP) is 3.50. The molecule has 8 heteroatoms. The number of rotatable bonds is 3. The number of aromatic nitrogens is 2. The Morgan fingerprint density at radius 2 is 1.88 bits per heavy atom. The molecular formula is C24H27F2N5O. The number of carbonyl (C=O) groups is 1. The first kappa shape index (κ1) is 20.9. The molecule has 3 heterocycles. The summed E-state index contributed by atoms with van der Waals surface area (Å²) in [5.74, 6) is -0.215. The molecule has 1 aromatic heterocycles. The Hall–Kier alpha value is -3.00. The average molecular weight is 440 g/mol. The van der Waals surface area contributed by atoms with Crippen LogP contribution in [0.25, 0.3) is 22.4 Å². The number of benzene rings is 2. The first-order valence-corrected chi connectivity index (χ1v) is 11.2. The summed E-state index contributed by atoms with van der Waals surface area (Å²) in [5, 5.41) is 0. The molecule has 6 nitrogen and oxygen atoms in total. The Bertz CT molecular complexity index is 1140. The van der Waals surface area contributed by atoms with Gasteiger partial charge in [0.2, 0.25) is 5.91 Å². The van der Waals surface area contributed by atoms with Crippen molar-refractivity contribution in [1.29, 1.82) is 0 Å². The molecular weight excluding hydrogens is 412 g/mol. The molecule has 1 atom stereocenters. The Morgan fingerprint density at radius 3 is 2.69 bits per heavy atom. The van der Waals surface area contributed by atoms with E-state index in [0.717, 1.165) is 51.3 Å². The number of piperidine rings is 1. The minimum absolute atomic E-state index is 0.0464. The van der Waals surface area contributed by atoms with Gasteiger partial charge in [-0.05, 0) is 56.3 Å². The summed E-state index contributed by atoms with van der Waals surface area (Å²) < 4.78 is 28.2. The van der Waals surface area contributed by atoms with E-state index in [1.807, 2.05) is 4.90 Å². The van der Waals surface area contributed by atoms with Gasteiger partial charge in [0.05, 0.1) is 22.5 Å². The number of likely N-dealkylation sites (N-methyl/N-ethyl adjacent to an activating group) is 1. The lowest BCUT2D eigenvalue weighted by Gasteiger charge is -2.39. The molecule has 1 amide bonds. The summed E-state index contributed by atoms with van der Waals surface area (Å²) >= 11 is 0. The van der Waals surface area contributed by atoms with Crippen molar-refractivity contribution in [3.63, 3.8) is 0 Å². The second kappa shape index (κ2) is 8.50. The highest BCUT2D eigenvalue weighted by molar-refractivity contribution is 5.81. The number of imidazole rings is 1. The number of anilines is 1. The zero-order valence-corrected chi connectivity index (χ0v) is 18.2. The maximum atomic E-state index is 14.7. The van der Waals surface area contributed by atoms with Crippen molar-refractivity contribution >= 4 is 22.6 Å². The summed E-state index contributed by atoms with van der Waals surface area (Å²) in [6, 6.07) is 9.23. The molecule has 0 spiro atoms. The van der Waals surface area contributed by atoms with Crippen LogP contribution in [0.5, 0.6) is 0 Å². The maximum Gasteiger partial charge on any atom is 0.227 e. The van der Waals surface area contributed by atoms with Crippen molar-refractivity contribution in [3.05, 3.63) is 48.0 Å². The van der Waals surface area contributed by atoms with Gasteiger partial charge in [-0.2, -0.15) is 0 Å². The van der Waals surface area contributed by atoms with Gasteiger partial charge in [-0.1, -0.05) is 0 Å². The molecule has 0 radical (unpaired) electrons. The fourth-order valence-electron chi connectivity index (χ4n) is 4.70. The lowest BCUT2D eigenvalue weighted by atomic mass is 9.95. The van der Waals surface area contributed by atoms with Crippen LogP contribution in [0.1, 0.15) is 12.8 Å². The number of hydrogen-bond donors (Lipinski definition) is 1. The van der Waals surface area contributed by atoms with Crippen LogP contribution < -0.4 is 4.90 Å². The van der Waals surface area contributed by atoms with Crippen molar-refractivity contribution in [1.82, 2.24) is 19.8 Å². The molecule has 0 bridgehead atoms. The molecule has 0 saturated carbocycles. The third-order valence-electron chi connectivity index (χ3n) is 6.60. The maximum absolute atomic E-state index is 14.7. The number of amides is 1. The number of fused-ring (bicyclic) bond motifs is 1. The van der Waals surface area contributed by atoms with E-state index in [2.05, 4.69) is 26.8 Å². The minimum Gasteiger partial charge on any atom is -0.371 e. The van der Waals surface area contributed by atoms with Crippen molar-refractivity contribution in [2.45, 2.75) is 12.8 Å². The zero-order valence-electron chi connectivity index (χ0n) is 18.2. The second-order valence-corrected chi connectivity index (χ2v) is 8.82. The highest BCUT2D eigenvalue weighted by atomic mass is 19.1. The SMILES string of the molecule is CN1CCN(C(=O)[C@H]2CCCN(c3ccc(F)c(-c4nc5ccc(F)cc5[nH]4)c3)C2)CC1. The monoisotopic (exact) mass is 439 g/mol. The Morgan fingerprint density at radius 1 is 1.06 bits per heavy atom. The lowest BCUT2D eigenvalue weighted by Crippen LogP contribution is -2.51. The van der Waals surface area contributed by atoms with E-state index >= 15 is 0 Å². The third-order valence-corrected chi connectivity index (χ3v) is 6.60. The first-order valence-electron chi connectivity index (χ1n) is 11.2. The van der Waals surface area contributed by atoms with Crippen LogP contribution in [0, 0.1) is 17.6 Å². The van der Waals surface area contributed by atoms with Crippen molar-refractivity contribution < 1.29 is 13.6 Å². The number of hydrogen-bond acceptors (Lipinski definition) is 4. The van der Waals surface area contributed by atoms with E-state index in [1.54, 1.807) is 18.2 Å². The van der Waals surface area contributed by atoms with Gasteiger partial charge in [-0.15, -0.1) is 0 Å². The summed E-state index contributed by atoms with van der Waals surface area (Å²) in [6.07, 6.45) is 1.80. The molecule has 0 unspecified atom stereocenters. The number of piperazine rings is 1. The molecule has 5 rings (SSSR count). The van der Waals surface area contributed by atoms with Gasteiger partial charge in [0.1, 0.15) is 17.5 Å². The Kier molecular flexibility index (Phi) is 5.55. The normalized spacial score (nSPS) is 20.2. The molecule has 2 aromatic carbocycles. The number of nitrogens with one attached hydrogen (secondary N) is 1. The summed E-state index contributed by atoms with van der Waals surface area (Å²) in [6.45, 7) is 4.82. The average Bonchev–Trinajstić information content (AvgIpc) is 3.22. The van der Waals surface area contributed by atoms with Crippen LogP contribution in [0.3, 0.4) is 0 Å². The largest absolute Gasteiger partial charge is 0.371 e. The molecule has 2 saturated heterocycles. The third kappa shape index (κ3) is 4.07. The van der Waals surface area contributed by atoms with Crippen molar-refractivity contribution in [2.24, 2.45) is 5.92 Å². The first-order chi connectivity index (χ1) is 15.5. The number of H-pyrrole nitrogens is 1. The van der Waals surface area contributed by atoms with Crippen LogP contribution in [-0.2, 0) is 4.79 Å². The van der Waals surface area contributed by atoms with E-state index in [0.29, 0.717) is 29.0 Å². The molecule has 2 aliphatic rings. The van der Waals surface area contributed by atoms with E-state index in [4.69, 9.17) is 0 Å². The van der Waals surface area contributed by atoms with Gasteiger partial charge in [0.15, 0.2) is 0 Å². The van der Waals surface area contributed by atoms with Crippen LogP contribution in [0.2, 0.25) is 0 Å². The van der Waals surface area contributed by atoms with Crippen LogP contribution in [-0.4, -0.2) is 72.0 Å². The zero-order chi connectivity index (χ0) is 22.2. The van der Waals surface area contributed by atoms with Gasteiger partial charge in [0.25, 0.3) is 0 Å². The van der Waals surface area contributed by atoms with E-state index < -0.39 is 5.82 Å². The smallest absolute Gasteiger partial charge is 0.227 e. The summed E-state index contributed by atoms with van der Waals surface area (Å²) in [5.41, 5.74) is 2.32. The van der Waals surface area contributed by atoms with Gasteiger partial charge >= 0.3 is 0 Å². The number of nitrogens with zero attached hydrogens (tertiary/aromatic N) is 4. The van der Waals surface area contributed by atoms with Gasteiger partial charge in [-0.25, -0.2) is 13.8 Å². The Labute approximate surface area is 185 Å². The molecule has 1 N–H and O–H groups in total. The molecule has 0 aliphatic carbocycles. The van der Waals surface area contributed by atoms with Crippen LogP contribution >= 0.6 is 0 Å². The molecule has 3 aromatic rings. The lowest BCUT2D eigenvalue weighted by molar-refractivity contribution is -0.137. The summed E-state index contributed by atoms with van der Waals surface area (Å²) in [4.78, 5) is 26.9. The fraction of sp³-hybridized carbons (Fsp3) is 0.417. The molecule has 2 fully saturated rings.